The minimum atomic E-state index is -0.776. The molecule has 0 aliphatic carbocycles. The number of carbonyl (C=O) groups excluding carboxylic acids is 1. The number of hydrogen-bond donors (Lipinski definition) is 0. The number of ether oxygens (including phenoxy) is 6. The highest BCUT2D eigenvalue weighted by Gasteiger charge is 2.53. The predicted octanol–water partition coefficient (Wildman–Crippen LogP) is 0.607. The zero-order chi connectivity index (χ0) is 14.1. The molecular weight excluding hydrogens is 498 g/mol. The van der Waals surface area contributed by atoms with Crippen molar-refractivity contribution in [3.05, 3.63) is 0 Å². The summed E-state index contributed by atoms with van der Waals surface area (Å²) in [5.41, 5.74) is 0. The summed E-state index contributed by atoms with van der Waals surface area (Å²) in [6.07, 6.45) is -2.07. The summed E-state index contributed by atoms with van der Waals surface area (Å²) in [5.74, 6) is -0.310. The summed E-state index contributed by atoms with van der Waals surface area (Å²) in [4.78, 5) is 11.9. The van der Waals surface area contributed by atoms with Crippen LogP contribution in [-0.2, 0) is 33.2 Å². The molecule has 114 valence electrons. The van der Waals surface area contributed by atoms with Gasteiger partial charge in [-0.1, -0.05) is 45.2 Å². The van der Waals surface area contributed by atoms with E-state index in [0.29, 0.717) is 11.0 Å². The van der Waals surface area contributed by atoms with Crippen LogP contribution in [0.25, 0.3) is 0 Å². The summed E-state index contributed by atoms with van der Waals surface area (Å²) >= 11 is 4.18. The number of hydrogen-bond acceptors (Lipinski definition) is 7. The zero-order valence-corrected chi connectivity index (χ0v) is 14.7. The molecule has 0 aromatic carbocycles. The van der Waals surface area contributed by atoms with E-state index in [2.05, 4.69) is 22.6 Å². The van der Waals surface area contributed by atoms with Crippen LogP contribution in [0.15, 0.2) is 0 Å². The van der Waals surface area contributed by atoms with Gasteiger partial charge in [0, 0.05) is 4.43 Å². The first-order valence-corrected chi connectivity index (χ1v) is 8.96. The molecule has 3 heterocycles. The Morgan fingerprint density at radius 2 is 1.95 bits per heavy atom. The lowest BCUT2D eigenvalue weighted by atomic mass is 9.98. The number of halogens is 2. The van der Waals surface area contributed by atoms with E-state index in [4.69, 9.17) is 28.4 Å². The van der Waals surface area contributed by atoms with Gasteiger partial charge in [0.25, 0.3) is 0 Å². The monoisotopic (exact) mass is 512 g/mol. The normalized spacial score (nSPS) is 41.6. The van der Waals surface area contributed by atoms with Crippen molar-refractivity contribution >= 4 is 51.2 Å². The van der Waals surface area contributed by atoms with Gasteiger partial charge in [0.05, 0.1) is 6.61 Å². The van der Waals surface area contributed by atoms with Gasteiger partial charge in [0.2, 0.25) is 6.29 Å². The number of carbonyl (C=O) groups is 1. The average molecular weight is 512 g/mol. The third kappa shape index (κ3) is 3.08. The summed E-state index contributed by atoms with van der Waals surface area (Å²) in [6.45, 7) is 0.762. The van der Waals surface area contributed by atoms with Gasteiger partial charge >= 0.3 is 5.97 Å². The molecule has 0 aromatic heterocycles. The quantitative estimate of drug-likeness (QED) is 0.312. The summed E-state index contributed by atoms with van der Waals surface area (Å²) in [6, 6.07) is 0. The van der Waals surface area contributed by atoms with E-state index in [1.165, 1.54) is 0 Å². The Labute approximate surface area is 143 Å². The van der Waals surface area contributed by atoms with Crippen molar-refractivity contribution in [3.63, 3.8) is 0 Å². The van der Waals surface area contributed by atoms with Gasteiger partial charge in [-0.3, -0.25) is 4.79 Å². The van der Waals surface area contributed by atoms with Crippen molar-refractivity contribution in [2.75, 3.05) is 24.6 Å². The molecule has 20 heavy (non-hydrogen) atoms. The van der Waals surface area contributed by atoms with Crippen LogP contribution >= 0.6 is 45.2 Å². The highest BCUT2D eigenvalue weighted by atomic mass is 127. The topological polar surface area (TPSA) is 72.5 Å². The maximum atomic E-state index is 11.9. The summed E-state index contributed by atoms with van der Waals surface area (Å²) in [7, 11) is 0. The van der Waals surface area contributed by atoms with Crippen molar-refractivity contribution in [2.24, 2.45) is 0 Å². The Kier molecular flexibility index (Phi) is 5.37. The van der Waals surface area contributed by atoms with Crippen molar-refractivity contribution in [1.82, 2.24) is 0 Å². The second kappa shape index (κ2) is 6.87. The molecular formula is C11H14I2O7. The smallest absolute Gasteiger partial charge is 0.322 e. The highest BCUT2D eigenvalue weighted by molar-refractivity contribution is 14.1. The molecule has 0 N–H and O–H groups in total. The number of esters is 1. The third-order valence-corrected chi connectivity index (χ3v) is 6.88. The Morgan fingerprint density at radius 3 is 2.75 bits per heavy atom. The van der Waals surface area contributed by atoms with E-state index < -0.39 is 12.4 Å². The number of fused-ring (bicyclic) bond motifs is 3. The van der Waals surface area contributed by atoms with Crippen LogP contribution in [0.4, 0.5) is 0 Å². The van der Waals surface area contributed by atoms with Crippen LogP contribution in [-0.4, -0.2) is 65.2 Å². The number of alkyl halides is 2. The molecule has 0 amide bonds. The van der Waals surface area contributed by atoms with E-state index >= 15 is 0 Å². The van der Waals surface area contributed by atoms with Gasteiger partial charge in [-0.25, -0.2) is 0 Å². The standard InChI is InChI=1S/C11H14I2O7/c12-1-5(13)10(14)20-11-9-8(17-4-18-9)7-6(19-11)2-15-3-16-7/h5-9,11H,1-4H2. The van der Waals surface area contributed by atoms with Crippen molar-refractivity contribution in [3.8, 4) is 0 Å². The van der Waals surface area contributed by atoms with Crippen LogP contribution in [0.5, 0.6) is 0 Å². The van der Waals surface area contributed by atoms with Crippen LogP contribution < -0.4 is 0 Å². The van der Waals surface area contributed by atoms with Gasteiger partial charge in [0.1, 0.15) is 35.8 Å². The summed E-state index contributed by atoms with van der Waals surface area (Å²) in [5, 5.41) is 0. The lowest BCUT2D eigenvalue weighted by Crippen LogP contribution is -2.61. The minimum Gasteiger partial charge on any atom is -0.432 e. The van der Waals surface area contributed by atoms with Gasteiger partial charge in [-0.15, -0.1) is 0 Å². The molecule has 0 bridgehead atoms. The first-order valence-electron chi connectivity index (χ1n) is 6.19. The first-order chi connectivity index (χ1) is 9.70. The second-order valence-electron chi connectivity index (χ2n) is 4.60. The Bertz CT molecular complexity index is 369. The maximum absolute atomic E-state index is 11.9. The van der Waals surface area contributed by atoms with E-state index in [9.17, 15) is 4.79 Å². The second-order valence-corrected chi connectivity index (χ2v) is 6.99. The van der Waals surface area contributed by atoms with E-state index in [0.717, 1.165) is 0 Å². The van der Waals surface area contributed by atoms with Crippen LogP contribution in [0.2, 0.25) is 0 Å². The number of rotatable bonds is 3. The minimum absolute atomic E-state index is 0.153. The van der Waals surface area contributed by atoms with E-state index in [-0.39, 0.29) is 41.8 Å². The van der Waals surface area contributed by atoms with Crippen molar-refractivity contribution in [1.29, 1.82) is 0 Å². The molecule has 9 heteroatoms. The third-order valence-electron chi connectivity index (χ3n) is 3.36. The first kappa shape index (κ1) is 15.6. The van der Waals surface area contributed by atoms with Gasteiger partial charge in [0.15, 0.2) is 6.10 Å². The van der Waals surface area contributed by atoms with Gasteiger partial charge in [-0.05, 0) is 0 Å². The van der Waals surface area contributed by atoms with Crippen LogP contribution in [0.3, 0.4) is 0 Å². The van der Waals surface area contributed by atoms with Gasteiger partial charge < -0.3 is 28.4 Å². The Balaban J connectivity index is 1.69. The van der Waals surface area contributed by atoms with Crippen LogP contribution in [0.1, 0.15) is 0 Å². The lowest BCUT2D eigenvalue weighted by molar-refractivity contribution is -0.314. The maximum Gasteiger partial charge on any atom is 0.322 e. The molecule has 0 saturated carbocycles. The molecule has 6 atom stereocenters. The molecule has 0 spiro atoms. The zero-order valence-electron chi connectivity index (χ0n) is 10.4. The van der Waals surface area contributed by atoms with E-state index in [1.54, 1.807) is 0 Å². The fourth-order valence-electron chi connectivity index (χ4n) is 2.41. The van der Waals surface area contributed by atoms with Crippen LogP contribution in [0, 0.1) is 0 Å². The molecule has 7 nitrogen and oxygen atoms in total. The Morgan fingerprint density at radius 1 is 1.20 bits per heavy atom. The largest absolute Gasteiger partial charge is 0.432 e. The van der Waals surface area contributed by atoms with Gasteiger partial charge in [-0.2, -0.15) is 0 Å². The Hall–Kier alpha value is 0.730. The molecule has 3 saturated heterocycles. The molecule has 6 unspecified atom stereocenters. The SMILES string of the molecule is O=C(OC1OC2COCOC2C2OCOC12)C(I)CI. The fraction of sp³-hybridized carbons (Fsp3) is 0.909. The molecule has 3 aliphatic rings. The fourth-order valence-corrected chi connectivity index (χ4v) is 2.92. The molecule has 0 radical (unpaired) electrons. The van der Waals surface area contributed by atoms with Crippen molar-refractivity contribution < 1.29 is 33.2 Å². The highest BCUT2D eigenvalue weighted by Crippen LogP contribution is 2.34. The molecule has 0 aromatic rings. The molecule has 3 fully saturated rings. The summed E-state index contributed by atoms with van der Waals surface area (Å²) < 4.78 is 33.4. The molecule has 3 rings (SSSR count). The predicted molar refractivity (Wildman–Crippen MR) is 81.8 cm³/mol. The lowest BCUT2D eigenvalue weighted by Gasteiger charge is -2.43. The van der Waals surface area contributed by atoms with E-state index in [1.807, 2.05) is 22.6 Å². The average Bonchev–Trinajstić information content (AvgIpc) is 2.96. The van der Waals surface area contributed by atoms with Crippen molar-refractivity contribution in [2.45, 2.75) is 34.6 Å². The molecule has 3 aliphatic heterocycles.